The molecule has 0 atom stereocenters. The van der Waals surface area contributed by atoms with E-state index in [-0.39, 0.29) is 31.2 Å². The van der Waals surface area contributed by atoms with Crippen molar-refractivity contribution in [3.63, 3.8) is 0 Å². The lowest BCUT2D eigenvalue weighted by molar-refractivity contribution is -0.143. The van der Waals surface area contributed by atoms with Gasteiger partial charge in [0.1, 0.15) is 5.76 Å². The van der Waals surface area contributed by atoms with Gasteiger partial charge in [0.2, 0.25) is 18.6 Å². The zero-order valence-electron chi connectivity index (χ0n) is 22.9. The second-order valence-corrected chi connectivity index (χ2v) is 10.2. The Bertz CT molecular complexity index is 957. The van der Waals surface area contributed by atoms with Gasteiger partial charge in [-0.1, -0.05) is 64.4 Å². The maximum absolute atomic E-state index is 13.5. The van der Waals surface area contributed by atoms with Crippen LogP contribution >= 0.6 is 0 Å². The van der Waals surface area contributed by atoms with E-state index in [4.69, 9.17) is 13.9 Å². The number of carbonyl (C=O) groups excluding carboxylic acids is 2. The van der Waals surface area contributed by atoms with Crippen molar-refractivity contribution in [1.82, 2.24) is 9.80 Å². The average Bonchev–Trinajstić information content (AvgIpc) is 3.57. The summed E-state index contributed by atoms with van der Waals surface area (Å²) in [7, 11) is 0. The Morgan fingerprint density at radius 2 is 1.57 bits per heavy atom. The minimum atomic E-state index is -0.108. The number of benzene rings is 1. The molecule has 2 heterocycles. The molecule has 3 rings (SSSR count). The summed E-state index contributed by atoms with van der Waals surface area (Å²) >= 11 is 0. The first-order chi connectivity index (χ1) is 18.0. The second kappa shape index (κ2) is 15.3. The summed E-state index contributed by atoms with van der Waals surface area (Å²) in [5, 5.41) is 0. The third-order valence-electron chi connectivity index (χ3n) is 6.83. The van der Waals surface area contributed by atoms with Crippen LogP contribution in [0.4, 0.5) is 0 Å². The first-order valence-electron chi connectivity index (χ1n) is 14.0. The van der Waals surface area contributed by atoms with Gasteiger partial charge in [-0.25, -0.2) is 0 Å². The SMILES string of the molecule is CCCCCCCCCCCC(=O)N(CC(=O)N(Cc1ccc2c(c1)OCO2)Cc1ccco1)C(C)C. The van der Waals surface area contributed by atoms with Crippen LogP contribution in [0.15, 0.2) is 41.0 Å². The summed E-state index contributed by atoms with van der Waals surface area (Å²) in [5.74, 6) is 2.03. The van der Waals surface area contributed by atoms with Crippen molar-refractivity contribution >= 4 is 11.8 Å². The lowest BCUT2D eigenvalue weighted by Crippen LogP contribution is -2.45. The van der Waals surface area contributed by atoms with Gasteiger partial charge in [-0.2, -0.15) is 0 Å². The van der Waals surface area contributed by atoms with E-state index < -0.39 is 0 Å². The Kier molecular flexibility index (Phi) is 11.9. The quantitative estimate of drug-likeness (QED) is 0.221. The number of furan rings is 1. The number of rotatable bonds is 17. The van der Waals surface area contributed by atoms with Crippen LogP contribution in [0.2, 0.25) is 0 Å². The summed E-state index contributed by atoms with van der Waals surface area (Å²) in [4.78, 5) is 30.0. The van der Waals surface area contributed by atoms with Crippen LogP contribution < -0.4 is 9.47 Å². The van der Waals surface area contributed by atoms with Crippen LogP contribution in [-0.4, -0.2) is 41.0 Å². The number of hydrogen-bond acceptors (Lipinski definition) is 5. The van der Waals surface area contributed by atoms with Gasteiger partial charge in [0.05, 0.1) is 19.4 Å². The molecule has 37 heavy (non-hydrogen) atoms. The highest BCUT2D eigenvalue weighted by Gasteiger charge is 2.25. The predicted octanol–water partition coefficient (Wildman–Crippen LogP) is 6.70. The maximum Gasteiger partial charge on any atom is 0.242 e. The van der Waals surface area contributed by atoms with Crippen LogP contribution in [0, 0.1) is 0 Å². The van der Waals surface area contributed by atoms with E-state index in [9.17, 15) is 9.59 Å². The number of carbonyl (C=O) groups is 2. The molecule has 2 amide bonds. The molecular weight excluding hydrogens is 468 g/mol. The largest absolute Gasteiger partial charge is 0.467 e. The highest BCUT2D eigenvalue weighted by Crippen LogP contribution is 2.33. The Morgan fingerprint density at radius 1 is 0.865 bits per heavy atom. The predicted molar refractivity (Wildman–Crippen MR) is 144 cm³/mol. The molecule has 1 aromatic carbocycles. The number of amides is 2. The molecule has 0 aliphatic carbocycles. The van der Waals surface area contributed by atoms with Crippen molar-refractivity contribution in [3.05, 3.63) is 47.9 Å². The van der Waals surface area contributed by atoms with Crippen LogP contribution in [0.5, 0.6) is 11.5 Å². The third-order valence-corrected chi connectivity index (χ3v) is 6.83. The van der Waals surface area contributed by atoms with E-state index in [0.29, 0.717) is 36.8 Å². The third kappa shape index (κ3) is 9.45. The molecule has 1 aromatic heterocycles. The highest BCUT2D eigenvalue weighted by molar-refractivity contribution is 5.85. The highest BCUT2D eigenvalue weighted by atomic mass is 16.7. The number of hydrogen-bond donors (Lipinski definition) is 0. The summed E-state index contributed by atoms with van der Waals surface area (Å²) in [6.07, 6.45) is 13.0. The van der Waals surface area contributed by atoms with E-state index in [1.54, 1.807) is 16.1 Å². The minimum absolute atomic E-state index is 0.0484. The van der Waals surface area contributed by atoms with E-state index >= 15 is 0 Å². The van der Waals surface area contributed by atoms with Gasteiger partial charge in [-0.15, -0.1) is 0 Å². The van der Waals surface area contributed by atoms with Gasteiger partial charge in [-0.3, -0.25) is 9.59 Å². The zero-order chi connectivity index (χ0) is 26.5. The average molecular weight is 513 g/mol. The topological polar surface area (TPSA) is 72.2 Å². The normalized spacial score (nSPS) is 12.2. The first-order valence-corrected chi connectivity index (χ1v) is 14.0. The van der Waals surface area contributed by atoms with Crippen molar-refractivity contribution in [1.29, 1.82) is 0 Å². The minimum Gasteiger partial charge on any atom is -0.467 e. The number of unbranched alkanes of at least 4 members (excludes halogenated alkanes) is 8. The molecule has 7 nitrogen and oxygen atoms in total. The molecule has 0 N–H and O–H groups in total. The molecule has 0 saturated heterocycles. The Hall–Kier alpha value is -2.96. The summed E-state index contributed by atoms with van der Waals surface area (Å²) < 4.78 is 16.4. The number of ether oxygens (including phenoxy) is 2. The van der Waals surface area contributed by atoms with Gasteiger partial charge < -0.3 is 23.7 Å². The van der Waals surface area contributed by atoms with Crippen LogP contribution in [0.1, 0.15) is 96.3 Å². The molecule has 1 aliphatic heterocycles. The van der Waals surface area contributed by atoms with E-state index in [2.05, 4.69) is 6.92 Å². The fourth-order valence-corrected chi connectivity index (χ4v) is 4.62. The number of fused-ring (bicyclic) bond motifs is 1. The Labute approximate surface area is 222 Å². The van der Waals surface area contributed by atoms with Crippen molar-refractivity contribution in [2.24, 2.45) is 0 Å². The zero-order valence-corrected chi connectivity index (χ0v) is 22.9. The smallest absolute Gasteiger partial charge is 0.242 e. The van der Waals surface area contributed by atoms with Crippen molar-refractivity contribution < 1.29 is 23.5 Å². The molecule has 2 aromatic rings. The Balaban J connectivity index is 1.53. The molecule has 0 fully saturated rings. The molecule has 1 aliphatic rings. The molecular formula is C30H44N2O5. The lowest BCUT2D eigenvalue weighted by Gasteiger charge is -2.30. The molecule has 0 saturated carbocycles. The van der Waals surface area contributed by atoms with Crippen LogP contribution in [0.3, 0.4) is 0 Å². The maximum atomic E-state index is 13.5. The van der Waals surface area contributed by atoms with E-state index in [1.165, 1.54) is 44.9 Å². The van der Waals surface area contributed by atoms with Gasteiger partial charge in [-0.05, 0) is 50.1 Å². The van der Waals surface area contributed by atoms with Crippen molar-refractivity contribution in [2.75, 3.05) is 13.3 Å². The molecule has 0 unspecified atom stereocenters. The Morgan fingerprint density at radius 3 is 2.24 bits per heavy atom. The summed E-state index contributed by atoms with van der Waals surface area (Å²) in [5.41, 5.74) is 0.932. The second-order valence-electron chi connectivity index (χ2n) is 10.2. The molecule has 204 valence electrons. The van der Waals surface area contributed by atoms with Gasteiger partial charge in [0.15, 0.2) is 11.5 Å². The van der Waals surface area contributed by atoms with Crippen LogP contribution in [-0.2, 0) is 22.7 Å². The van der Waals surface area contributed by atoms with Gasteiger partial charge in [0.25, 0.3) is 0 Å². The van der Waals surface area contributed by atoms with Crippen molar-refractivity contribution in [2.45, 2.75) is 104 Å². The molecule has 0 spiro atoms. The molecule has 0 bridgehead atoms. The summed E-state index contributed by atoms with van der Waals surface area (Å²) in [6, 6.07) is 9.32. The van der Waals surface area contributed by atoms with Crippen LogP contribution in [0.25, 0.3) is 0 Å². The van der Waals surface area contributed by atoms with E-state index in [1.807, 2.05) is 44.2 Å². The standard InChI is InChI=1S/C30H44N2O5/c1-4-5-6-7-8-9-10-11-12-15-29(33)32(24(2)3)22-30(34)31(21-26-14-13-18-35-26)20-25-16-17-27-28(19-25)37-23-36-27/h13-14,16-19,24H,4-12,15,20-23H2,1-3H3. The lowest BCUT2D eigenvalue weighted by atomic mass is 10.1. The summed E-state index contributed by atoms with van der Waals surface area (Å²) in [6.45, 7) is 7.15. The first kappa shape index (κ1) is 28.6. The van der Waals surface area contributed by atoms with E-state index in [0.717, 1.165) is 18.4 Å². The van der Waals surface area contributed by atoms with Crippen molar-refractivity contribution in [3.8, 4) is 11.5 Å². The van der Waals surface area contributed by atoms with Gasteiger partial charge >= 0.3 is 0 Å². The fraction of sp³-hybridized carbons (Fsp3) is 0.600. The molecule has 0 radical (unpaired) electrons. The monoisotopic (exact) mass is 512 g/mol. The fourth-order valence-electron chi connectivity index (χ4n) is 4.62. The number of nitrogens with zero attached hydrogens (tertiary/aromatic N) is 2. The molecule has 7 heteroatoms. The van der Waals surface area contributed by atoms with Gasteiger partial charge in [0, 0.05) is 19.0 Å².